The lowest BCUT2D eigenvalue weighted by atomic mass is 10.0. The molecule has 1 rings (SSSR count). The topological polar surface area (TPSA) is 112 Å². The number of likely N-dealkylation sites (tertiary alicyclic amines) is 1. The fourth-order valence-electron chi connectivity index (χ4n) is 8.85. The van der Waals surface area contributed by atoms with E-state index in [0.717, 1.165) is 103 Å². The van der Waals surface area contributed by atoms with E-state index in [1.807, 2.05) is 19.0 Å². The Kier molecular flexibility index (Phi) is 39.4. The molecule has 0 aromatic rings. The Balaban J connectivity index is 2.51. The molecule has 1 aliphatic rings. The summed E-state index contributed by atoms with van der Waals surface area (Å²) >= 11 is 0. The van der Waals surface area contributed by atoms with Crippen molar-refractivity contribution in [3.05, 3.63) is 0 Å². The van der Waals surface area contributed by atoms with Crippen LogP contribution in [0.1, 0.15) is 259 Å². The average molecular weight is 907 g/mol. The number of esters is 4. The maximum Gasteiger partial charge on any atom is 0.323 e. The molecule has 0 aromatic heterocycles. The lowest BCUT2D eigenvalue weighted by molar-refractivity contribution is -0.151. The molecule has 1 heterocycles. The van der Waals surface area contributed by atoms with Crippen molar-refractivity contribution in [3.8, 4) is 0 Å². The van der Waals surface area contributed by atoms with Crippen LogP contribution in [0.3, 0.4) is 0 Å². The average Bonchev–Trinajstić information content (AvgIpc) is 3.67. The standard InChI is InChI=1S/C54H102N2O8/c1-7-11-15-19-22-29-37-48(38-30-23-20-16-12-8-2)63-51(57)39-31-24-21-25-34-44-61-54(60)50-45-49(64-53(59)41-43-55(5)6)46-56(50)42-33-26-32-40-52(58)62-47(35-27-17-13-9-3)36-28-18-14-10-4/h47-50H,7-46H2,1-6H3. The minimum absolute atomic E-state index is 0.0302. The van der Waals surface area contributed by atoms with Gasteiger partial charge in [-0.25, -0.2) is 0 Å². The van der Waals surface area contributed by atoms with Crippen LogP contribution < -0.4 is 0 Å². The Hall–Kier alpha value is -2.20. The van der Waals surface area contributed by atoms with Crippen molar-refractivity contribution < 1.29 is 38.1 Å². The third-order valence-corrected chi connectivity index (χ3v) is 12.9. The predicted molar refractivity (Wildman–Crippen MR) is 263 cm³/mol. The van der Waals surface area contributed by atoms with Crippen molar-refractivity contribution in [2.45, 2.75) is 283 Å². The van der Waals surface area contributed by atoms with E-state index in [0.29, 0.717) is 51.9 Å². The van der Waals surface area contributed by atoms with Crippen molar-refractivity contribution in [3.63, 3.8) is 0 Å². The lowest BCUT2D eigenvalue weighted by Crippen LogP contribution is -2.38. The first kappa shape index (κ1) is 59.8. The molecule has 0 radical (unpaired) electrons. The first-order valence-electron chi connectivity index (χ1n) is 27.3. The number of hydrogen-bond donors (Lipinski definition) is 0. The summed E-state index contributed by atoms with van der Waals surface area (Å²) in [4.78, 5) is 55.8. The molecule has 10 nitrogen and oxygen atoms in total. The van der Waals surface area contributed by atoms with Crippen molar-refractivity contribution in [1.82, 2.24) is 9.80 Å². The molecular weight excluding hydrogens is 805 g/mol. The van der Waals surface area contributed by atoms with Crippen molar-refractivity contribution in [2.75, 3.05) is 40.3 Å². The van der Waals surface area contributed by atoms with Gasteiger partial charge in [-0.1, -0.05) is 156 Å². The molecule has 10 heteroatoms. The van der Waals surface area contributed by atoms with Gasteiger partial charge in [-0.2, -0.15) is 0 Å². The summed E-state index contributed by atoms with van der Waals surface area (Å²) in [6.07, 6.45) is 36.7. The van der Waals surface area contributed by atoms with Gasteiger partial charge in [0.2, 0.25) is 0 Å². The van der Waals surface area contributed by atoms with Crippen LogP contribution in [0, 0.1) is 0 Å². The van der Waals surface area contributed by atoms with Gasteiger partial charge in [-0.05, 0) is 97.7 Å². The van der Waals surface area contributed by atoms with Gasteiger partial charge in [0.15, 0.2) is 0 Å². The highest BCUT2D eigenvalue weighted by molar-refractivity contribution is 5.76. The third-order valence-electron chi connectivity index (χ3n) is 12.9. The lowest BCUT2D eigenvalue weighted by Gasteiger charge is -2.22. The first-order valence-corrected chi connectivity index (χ1v) is 27.3. The maximum atomic E-state index is 13.4. The van der Waals surface area contributed by atoms with Crippen LogP contribution in [0.4, 0.5) is 0 Å². The number of carbonyl (C=O) groups excluding carboxylic acids is 4. The van der Waals surface area contributed by atoms with Gasteiger partial charge in [-0.3, -0.25) is 24.1 Å². The van der Waals surface area contributed by atoms with E-state index >= 15 is 0 Å². The van der Waals surface area contributed by atoms with Gasteiger partial charge in [0.1, 0.15) is 24.4 Å². The summed E-state index contributed by atoms with van der Waals surface area (Å²) in [5.74, 6) is -0.633. The molecule has 64 heavy (non-hydrogen) atoms. The van der Waals surface area contributed by atoms with Gasteiger partial charge in [-0.15, -0.1) is 0 Å². The van der Waals surface area contributed by atoms with Crippen molar-refractivity contribution in [2.24, 2.45) is 0 Å². The van der Waals surface area contributed by atoms with Gasteiger partial charge in [0.25, 0.3) is 0 Å². The van der Waals surface area contributed by atoms with Gasteiger partial charge in [0.05, 0.1) is 13.0 Å². The number of nitrogens with zero attached hydrogens (tertiary/aromatic N) is 2. The molecular formula is C54H102N2O8. The minimum Gasteiger partial charge on any atom is -0.465 e. The second-order valence-corrected chi connectivity index (χ2v) is 19.4. The zero-order valence-corrected chi connectivity index (χ0v) is 42.8. The molecule has 376 valence electrons. The fourth-order valence-corrected chi connectivity index (χ4v) is 8.85. The van der Waals surface area contributed by atoms with E-state index in [-0.39, 0.29) is 42.2 Å². The Morgan fingerprint density at radius 2 is 0.906 bits per heavy atom. The van der Waals surface area contributed by atoms with E-state index in [1.165, 1.54) is 103 Å². The normalized spacial score (nSPS) is 15.4. The number of ether oxygens (including phenoxy) is 4. The highest BCUT2D eigenvalue weighted by atomic mass is 16.6. The summed E-state index contributed by atoms with van der Waals surface area (Å²) in [5, 5.41) is 0. The summed E-state index contributed by atoms with van der Waals surface area (Å²) < 4.78 is 23.7. The molecule has 1 fully saturated rings. The monoisotopic (exact) mass is 907 g/mol. The molecule has 2 atom stereocenters. The van der Waals surface area contributed by atoms with Crippen LogP contribution in [0.5, 0.6) is 0 Å². The Labute approximate surface area is 394 Å². The van der Waals surface area contributed by atoms with E-state index in [4.69, 9.17) is 18.9 Å². The van der Waals surface area contributed by atoms with Gasteiger partial charge < -0.3 is 23.8 Å². The highest BCUT2D eigenvalue weighted by Crippen LogP contribution is 2.24. The SMILES string of the molecule is CCCCCCCCC(CCCCCCCC)OC(=O)CCCCCCCOC(=O)C1CC(OC(=O)CCN(C)C)CN1CCCCCC(=O)OC(CCCCCC)CCCCCC. The number of carbonyl (C=O) groups is 4. The van der Waals surface area contributed by atoms with E-state index in [2.05, 4.69) is 32.6 Å². The van der Waals surface area contributed by atoms with E-state index in [1.54, 1.807) is 0 Å². The summed E-state index contributed by atoms with van der Waals surface area (Å²) in [6, 6.07) is -0.449. The Morgan fingerprint density at radius 1 is 0.500 bits per heavy atom. The third kappa shape index (κ3) is 34.2. The summed E-state index contributed by atoms with van der Waals surface area (Å²) in [6.45, 7) is 11.1. The predicted octanol–water partition coefficient (Wildman–Crippen LogP) is 13.6. The molecule has 0 saturated carbocycles. The summed E-state index contributed by atoms with van der Waals surface area (Å²) in [7, 11) is 3.86. The van der Waals surface area contributed by atoms with Crippen LogP contribution in [0.2, 0.25) is 0 Å². The molecule has 2 unspecified atom stereocenters. The van der Waals surface area contributed by atoms with Crippen LogP contribution in [-0.2, 0) is 38.1 Å². The summed E-state index contributed by atoms with van der Waals surface area (Å²) in [5.41, 5.74) is 0. The minimum atomic E-state index is -0.449. The molecule has 0 aromatic carbocycles. The molecule has 1 aliphatic heterocycles. The first-order chi connectivity index (χ1) is 31.1. The largest absolute Gasteiger partial charge is 0.465 e. The molecule has 0 spiro atoms. The van der Waals surface area contributed by atoms with Crippen LogP contribution in [0.25, 0.3) is 0 Å². The Bertz CT molecular complexity index is 1110. The highest BCUT2D eigenvalue weighted by Gasteiger charge is 2.39. The number of hydrogen-bond acceptors (Lipinski definition) is 10. The quantitative estimate of drug-likeness (QED) is 0.0333. The second kappa shape index (κ2) is 42.2. The smallest absolute Gasteiger partial charge is 0.323 e. The number of rotatable bonds is 45. The second-order valence-electron chi connectivity index (χ2n) is 19.4. The van der Waals surface area contributed by atoms with Crippen LogP contribution in [-0.4, -0.2) is 98.4 Å². The molecule has 0 aliphatic carbocycles. The van der Waals surface area contributed by atoms with Crippen LogP contribution >= 0.6 is 0 Å². The molecule has 0 N–H and O–H groups in total. The molecule has 0 bridgehead atoms. The number of unbranched alkanes of at least 4 members (excludes halogenated alkanes) is 22. The van der Waals surface area contributed by atoms with Crippen molar-refractivity contribution >= 4 is 23.9 Å². The van der Waals surface area contributed by atoms with Gasteiger partial charge in [0, 0.05) is 32.4 Å². The van der Waals surface area contributed by atoms with Crippen LogP contribution in [0.15, 0.2) is 0 Å². The van der Waals surface area contributed by atoms with E-state index < -0.39 is 6.04 Å². The van der Waals surface area contributed by atoms with E-state index in [9.17, 15) is 19.2 Å². The Morgan fingerprint density at radius 3 is 1.38 bits per heavy atom. The molecule has 1 saturated heterocycles. The zero-order valence-electron chi connectivity index (χ0n) is 42.8. The zero-order chi connectivity index (χ0) is 46.9. The maximum absolute atomic E-state index is 13.4. The van der Waals surface area contributed by atoms with Crippen molar-refractivity contribution in [1.29, 1.82) is 0 Å². The fraction of sp³-hybridized carbons (Fsp3) is 0.926. The van der Waals surface area contributed by atoms with Gasteiger partial charge >= 0.3 is 23.9 Å². The molecule has 0 amide bonds.